The van der Waals surface area contributed by atoms with Gasteiger partial charge in [0.15, 0.2) is 5.75 Å². The molecule has 184 valence electrons. The number of alkyl halides is 3. The summed E-state index contributed by atoms with van der Waals surface area (Å²) in [6, 6.07) is 7.21. The third kappa shape index (κ3) is 7.09. The topological polar surface area (TPSA) is 78.9 Å². The maximum atomic E-state index is 13.2. The SMILES string of the molecule is CCCCN(CCCC)c1cc(CO)cc(S(=O)(=O)NC)c1Oc1cccc(C(F)(F)F)c1. The molecular weight excluding hydrogens is 457 g/mol. The fourth-order valence-corrected chi connectivity index (χ4v) is 4.20. The lowest BCUT2D eigenvalue weighted by molar-refractivity contribution is -0.137. The van der Waals surface area contributed by atoms with Gasteiger partial charge in [0.25, 0.3) is 0 Å². The van der Waals surface area contributed by atoms with E-state index in [0.29, 0.717) is 24.3 Å². The van der Waals surface area contributed by atoms with Gasteiger partial charge in [-0.15, -0.1) is 0 Å². The van der Waals surface area contributed by atoms with Crippen LogP contribution in [0.15, 0.2) is 41.3 Å². The lowest BCUT2D eigenvalue weighted by atomic mass is 10.1. The number of hydrogen-bond acceptors (Lipinski definition) is 5. The van der Waals surface area contributed by atoms with Gasteiger partial charge in [-0.1, -0.05) is 32.8 Å². The smallest absolute Gasteiger partial charge is 0.416 e. The summed E-state index contributed by atoms with van der Waals surface area (Å²) in [6.07, 6.45) is -1.13. The summed E-state index contributed by atoms with van der Waals surface area (Å²) >= 11 is 0. The van der Waals surface area contributed by atoms with Crippen molar-refractivity contribution in [1.29, 1.82) is 0 Å². The molecule has 0 amide bonds. The minimum Gasteiger partial charge on any atom is -0.454 e. The number of rotatable bonds is 12. The molecule has 33 heavy (non-hydrogen) atoms. The average Bonchev–Trinajstić information content (AvgIpc) is 2.79. The number of aliphatic hydroxyl groups is 1. The molecule has 0 bridgehead atoms. The summed E-state index contributed by atoms with van der Waals surface area (Å²) in [5, 5.41) is 9.77. The third-order valence-corrected chi connectivity index (χ3v) is 6.54. The minimum absolute atomic E-state index is 0.0759. The Hall–Kier alpha value is -2.30. The Morgan fingerprint density at radius 2 is 1.70 bits per heavy atom. The maximum Gasteiger partial charge on any atom is 0.416 e. The molecule has 0 atom stereocenters. The van der Waals surface area contributed by atoms with Crippen LogP contribution in [0.5, 0.6) is 11.5 Å². The number of nitrogens with zero attached hydrogens (tertiary/aromatic N) is 1. The maximum absolute atomic E-state index is 13.2. The largest absolute Gasteiger partial charge is 0.454 e. The lowest BCUT2D eigenvalue weighted by Crippen LogP contribution is -2.27. The molecule has 0 unspecified atom stereocenters. The molecule has 0 heterocycles. The molecule has 2 rings (SSSR count). The number of aliphatic hydroxyl groups excluding tert-OH is 1. The van der Waals surface area contributed by atoms with Crippen LogP contribution in [0.4, 0.5) is 18.9 Å². The Morgan fingerprint density at radius 3 is 2.21 bits per heavy atom. The fourth-order valence-electron chi connectivity index (χ4n) is 3.29. The van der Waals surface area contributed by atoms with Gasteiger partial charge in [-0.05, 0) is 55.8 Å². The van der Waals surface area contributed by atoms with Crippen LogP contribution in [-0.4, -0.2) is 33.7 Å². The van der Waals surface area contributed by atoms with Gasteiger partial charge in [0.2, 0.25) is 10.0 Å². The monoisotopic (exact) mass is 488 g/mol. The zero-order chi connectivity index (χ0) is 24.6. The van der Waals surface area contributed by atoms with Crippen LogP contribution in [-0.2, 0) is 22.8 Å². The first-order valence-electron chi connectivity index (χ1n) is 10.9. The van der Waals surface area contributed by atoms with Crippen LogP contribution >= 0.6 is 0 Å². The van der Waals surface area contributed by atoms with Crippen LogP contribution in [0.1, 0.15) is 50.7 Å². The van der Waals surface area contributed by atoms with Crippen molar-refractivity contribution in [3.8, 4) is 11.5 Å². The van der Waals surface area contributed by atoms with Crippen molar-refractivity contribution in [2.45, 2.75) is 57.2 Å². The van der Waals surface area contributed by atoms with E-state index in [9.17, 15) is 26.7 Å². The van der Waals surface area contributed by atoms with E-state index in [4.69, 9.17) is 4.74 Å². The summed E-state index contributed by atoms with van der Waals surface area (Å²) < 4.78 is 73.4. The van der Waals surface area contributed by atoms with E-state index in [1.807, 2.05) is 18.7 Å². The minimum atomic E-state index is -4.57. The highest BCUT2D eigenvalue weighted by atomic mass is 32.2. The lowest BCUT2D eigenvalue weighted by Gasteiger charge is -2.28. The number of halogens is 3. The second-order valence-electron chi connectivity index (χ2n) is 7.63. The average molecular weight is 489 g/mol. The van der Waals surface area contributed by atoms with Crippen LogP contribution in [0.3, 0.4) is 0 Å². The number of sulfonamides is 1. The molecule has 0 aliphatic rings. The zero-order valence-electron chi connectivity index (χ0n) is 19.1. The van der Waals surface area contributed by atoms with E-state index in [1.165, 1.54) is 25.2 Å². The molecule has 0 fully saturated rings. The predicted octanol–water partition coefficient (Wildman–Crippen LogP) is 5.30. The van der Waals surface area contributed by atoms with Crippen molar-refractivity contribution < 1.29 is 31.4 Å². The van der Waals surface area contributed by atoms with E-state index in [1.54, 1.807) is 6.07 Å². The van der Waals surface area contributed by atoms with E-state index < -0.39 is 28.4 Å². The Labute approximate surface area is 193 Å². The first kappa shape index (κ1) is 26.9. The number of benzene rings is 2. The Morgan fingerprint density at radius 1 is 1.06 bits per heavy atom. The molecule has 0 radical (unpaired) electrons. The second kappa shape index (κ2) is 11.7. The third-order valence-electron chi connectivity index (χ3n) is 5.12. The summed E-state index contributed by atoms with van der Waals surface area (Å²) in [4.78, 5) is 1.71. The van der Waals surface area contributed by atoms with Gasteiger partial charge in [-0.3, -0.25) is 0 Å². The summed E-state index contributed by atoms with van der Waals surface area (Å²) in [6.45, 7) is 4.85. The van der Waals surface area contributed by atoms with Crippen molar-refractivity contribution in [3.05, 3.63) is 47.5 Å². The molecule has 0 aliphatic heterocycles. The van der Waals surface area contributed by atoms with Gasteiger partial charge in [0.05, 0.1) is 17.9 Å². The Kier molecular flexibility index (Phi) is 9.57. The predicted molar refractivity (Wildman–Crippen MR) is 122 cm³/mol. The highest BCUT2D eigenvalue weighted by molar-refractivity contribution is 7.89. The molecule has 2 N–H and O–H groups in total. The molecule has 0 saturated carbocycles. The summed E-state index contributed by atoms with van der Waals surface area (Å²) in [7, 11) is -2.82. The summed E-state index contributed by atoms with van der Waals surface area (Å²) in [5.74, 6) is -0.214. The van der Waals surface area contributed by atoms with Crippen molar-refractivity contribution in [3.63, 3.8) is 0 Å². The molecule has 0 aliphatic carbocycles. The number of hydrogen-bond donors (Lipinski definition) is 2. The van der Waals surface area contributed by atoms with Gasteiger partial charge in [0, 0.05) is 13.1 Å². The number of nitrogens with one attached hydrogen (secondary N) is 1. The van der Waals surface area contributed by atoms with Gasteiger partial charge < -0.3 is 14.7 Å². The van der Waals surface area contributed by atoms with Gasteiger partial charge in [-0.25, -0.2) is 13.1 Å². The van der Waals surface area contributed by atoms with Gasteiger partial charge in [0.1, 0.15) is 10.6 Å². The molecule has 10 heteroatoms. The molecular formula is C23H31F3N2O4S. The van der Waals surface area contributed by atoms with Crippen molar-refractivity contribution in [2.75, 3.05) is 25.0 Å². The highest BCUT2D eigenvalue weighted by Crippen LogP contribution is 2.41. The molecule has 2 aromatic carbocycles. The summed E-state index contributed by atoms with van der Waals surface area (Å²) in [5.41, 5.74) is -0.136. The van der Waals surface area contributed by atoms with Crippen molar-refractivity contribution in [2.24, 2.45) is 0 Å². The first-order chi connectivity index (χ1) is 15.6. The second-order valence-corrected chi connectivity index (χ2v) is 9.48. The number of anilines is 1. The first-order valence-corrected chi connectivity index (χ1v) is 12.4. The normalized spacial score (nSPS) is 12.1. The zero-order valence-corrected chi connectivity index (χ0v) is 19.9. The fraction of sp³-hybridized carbons (Fsp3) is 0.478. The van der Waals surface area contributed by atoms with Crippen LogP contribution in [0, 0.1) is 0 Å². The van der Waals surface area contributed by atoms with E-state index in [-0.39, 0.29) is 16.4 Å². The molecule has 0 spiro atoms. The number of ether oxygens (including phenoxy) is 1. The molecule has 6 nitrogen and oxygen atoms in total. The van der Waals surface area contributed by atoms with Crippen LogP contribution in [0.2, 0.25) is 0 Å². The van der Waals surface area contributed by atoms with Gasteiger partial charge in [-0.2, -0.15) is 13.2 Å². The van der Waals surface area contributed by atoms with E-state index in [2.05, 4.69) is 4.72 Å². The molecule has 0 aromatic heterocycles. The molecule has 2 aromatic rings. The Balaban J connectivity index is 2.73. The number of unbranched alkanes of at least 4 members (excludes halogenated alkanes) is 2. The van der Waals surface area contributed by atoms with Gasteiger partial charge >= 0.3 is 6.18 Å². The molecule has 0 saturated heterocycles. The van der Waals surface area contributed by atoms with Crippen LogP contribution in [0.25, 0.3) is 0 Å². The van der Waals surface area contributed by atoms with Crippen LogP contribution < -0.4 is 14.4 Å². The Bertz CT molecular complexity index is 1020. The highest BCUT2D eigenvalue weighted by Gasteiger charge is 2.31. The van der Waals surface area contributed by atoms with Crippen molar-refractivity contribution in [1.82, 2.24) is 4.72 Å². The van der Waals surface area contributed by atoms with E-state index >= 15 is 0 Å². The van der Waals surface area contributed by atoms with Crippen molar-refractivity contribution >= 4 is 15.7 Å². The standard InChI is InChI=1S/C23H31F3N2O4S/c1-4-6-11-28(12-7-5-2)20-13-17(16-29)14-21(33(30,31)27-3)22(20)32-19-10-8-9-18(15-19)23(24,25)26/h8-10,13-15,27,29H,4-7,11-12,16H2,1-3H3. The quantitative estimate of drug-likeness (QED) is 0.424. The van der Waals surface area contributed by atoms with E-state index in [0.717, 1.165) is 37.8 Å².